The van der Waals surface area contributed by atoms with E-state index in [0.717, 1.165) is 49.8 Å². The second-order valence-corrected chi connectivity index (χ2v) is 7.23. The van der Waals surface area contributed by atoms with Gasteiger partial charge in [0.15, 0.2) is 0 Å². The summed E-state index contributed by atoms with van der Waals surface area (Å²) in [6.45, 7) is 1.49. The number of fused-ring (bicyclic) bond motifs is 1. The lowest BCUT2D eigenvalue weighted by atomic mass is 10.1. The highest BCUT2D eigenvalue weighted by Gasteiger charge is 2.24. The first-order valence-electron chi connectivity index (χ1n) is 9.98. The van der Waals surface area contributed by atoms with Crippen LogP contribution in [0.5, 0.6) is 5.88 Å². The van der Waals surface area contributed by atoms with Crippen LogP contribution in [0.2, 0.25) is 0 Å². The molecule has 1 amide bonds. The third-order valence-electron chi connectivity index (χ3n) is 5.21. The van der Waals surface area contributed by atoms with Gasteiger partial charge in [-0.1, -0.05) is 42.5 Å². The van der Waals surface area contributed by atoms with Crippen molar-refractivity contribution in [2.24, 2.45) is 0 Å². The number of ether oxygens (including phenoxy) is 1. The van der Waals surface area contributed by atoms with Gasteiger partial charge in [0, 0.05) is 32.4 Å². The number of piperidine rings is 1. The monoisotopic (exact) mass is 375 g/mol. The highest BCUT2D eigenvalue weighted by molar-refractivity contribution is 5.76. The molecule has 1 saturated heterocycles. The number of likely N-dealkylation sites (tertiary alicyclic amines) is 1. The van der Waals surface area contributed by atoms with Gasteiger partial charge in [-0.25, -0.2) is 9.97 Å². The zero-order chi connectivity index (χ0) is 19.2. The van der Waals surface area contributed by atoms with Gasteiger partial charge in [-0.05, 0) is 30.5 Å². The van der Waals surface area contributed by atoms with Crippen LogP contribution in [0.15, 0.2) is 60.8 Å². The maximum Gasteiger partial charge on any atom is 0.233 e. The third kappa shape index (κ3) is 4.66. The molecule has 2 heterocycles. The normalized spacial score (nSPS) is 14.9. The second-order valence-electron chi connectivity index (χ2n) is 7.23. The minimum absolute atomic E-state index is 0.0869. The Kier molecular flexibility index (Phi) is 5.80. The molecular formula is C23H25N3O2. The average Bonchev–Trinajstić information content (AvgIpc) is 2.75. The van der Waals surface area contributed by atoms with Crippen molar-refractivity contribution in [1.82, 2.24) is 14.9 Å². The summed E-state index contributed by atoms with van der Waals surface area (Å²) in [6, 6.07) is 18.1. The molecule has 4 rings (SSSR count). The molecule has 1 aliphatic heterocycles. The number of hydrogen-bond donors (Lipinski definition) is 0. The molecule has 1 fully saturated rings. The van der Waals surface area contributed by atoms with Crippen LogP contribution in [0.1, 0.15) is 31.2 Å². The average molecular weight is 375 g/mol. The smallest absolute Gasteiger partial charge is 0.233 e. The van der Waals surface area contributed by atoms with E-state index in [1.54, 1.807) is 6.20 Å². The van der Waals surface area contributed by atoms with Crippen molar-refractivity contribution in [2.45, 2.75) is 38.2 Å². The molecule has 0 spiro atoms. The fourth-order valence-electron chi connectivity index (χ4n) is 3.64. The molecule has 0 unspecified atom stereocenters. The van der Waals surface area contributed by atoms with Crippen molar-refractivity contribution >= 4 is 16.9 Å². The zero-order valence-electron chi connectivity index (χ0n) is 16.0. The number of aromatic nitrogens is 2. The van der Waals surface area contributed by atoms with Gasteiger partial charge in [-0.15, -0.1) is 0 Å². The quantitative estimate of drug-likeness (QED) is 0.653. The minimum atomic E-state index is 0.0869. The lowest BCUT2D eigenvalue weighted by Gasteiger charge is -2.32. The van der Waals surface area contributed by atoms with E-state index in [2.05, 4.69) is 22.1 Å². The highest BCUT2D eigenvalue weighted by atomic mass is 16.5. The molecule has 28 heavy (non-hydrogen) atoms. The van der Waals surface area contributed by atoms with E-state index >= 15 is 0 Å². The fraction of sp³-hybridized carbons (Fsp3) is 0.348. The molecule has 0 bridgehead atoms. The van der Waals surface area contributed by atoms with Crippen molar-refractivity contribution in [3.63, 3.8) is 0 Å². The Morgan fingerprint density at radius 3 is 2.50 bits per heavy atom. The van der Waals surface area contributed by atoms with Crippen LogP contribution in [0, 0.1) is 0 Å². The maximum atomic E-state index is 12.5. The van der Waals surface area contributed by atoms with Gasteiger partial charge in [-0.2, -0.15) is 0 Å². The molecule has 0 aliphatic carbocycles. The van der Waals surface area contributed by atoms with Crippen LogP contribution in [0.3, 0.4) is 0 Å². The fourth-order valence-corrected chi connectivity index (χ4v) is 3.64. The summed E-state index contributed by atoms with van der Waals surface area (Å²) < 4.78 is 6.02. The number of benzene rings is 2. The van der Waals surface area contributed by atoms with Crippen LogP contribution >= 0.6 is 0 Å². The topological polar surface area (TPSA) is 55.3 Å². The third-order valence-corrected chi connectivity index (χ3v) is 5.21. The van der Waals surface area contributed by atoms with E-state index in [1.807, 2.05) is 47.4 Å². The summed E-state index contributed by atoms with van der Waals surface area (Å²) in [4.78, 5) is 23.4. The number of carbonyl (C=O) groups excluding carboxylic acids is 1. The minimum Gasteiger partial charge on any atom is -0.473 e. The van der Waals surface area contributed by atoms with E-state index < -0.39 is 0 Å². The first-order valence-corrected chi connectivity index (χ1v) is 9.98. The van der Waals surface area contributed by atoms with Crippen LogP contribution in [-0.2, 0) is 11.2 Å². The van der Waals surface area contributed by atoms with Crippen molar-refractivity contribution < 1.29 is 9.53 Å². The van der Waals surface area contributed by atoms with E-state index in [9.17, 15) is 4.79 Å². The number of amides is 1. The van der Waals surface area contributed by atoms with Crippen molar-refractivity contribution in [2.75, 3.05) is 13.1 Å². The number of rotatable bonds is 6. The van der Waals surface area contributed by atoms with Crippen LogP contribution in [0.25, 0.3) is 11.0 Å². The molecule has 2 aromatic carbocycles. The second kappa shape index (κ2) is 8.83. The molecule has 5 heteroatoms. The molecule has 1 aromatic heterocycles. The number of carbonyl (C=O) groups is 1. The van der Waals surface area contributed by atoms with Gasteiger partial charge in [-0.3, -0.25) is 4.79 Å². The molecule has 0 atom stereocenters. The van der Waals surface area contributed by atoms with Gasteiger partial charge in [0.2, 0.25) is 11.8 Å². The Balaban J connectivity index is 1.23. The van der Waals surface area contributed by atoms with Crippen molar-refractivity contribution in [3.05, 3.63) is 66.4 Å². The molecular weight excluding hydrogens is 350 g/mol. The molecule has 3 aromatic rings. The van der Waals surface area contributed by atoms with Gasteiger partial charge < -0.3 is 9.64 Å². The standard InChI is InChI=1S/C23H25N3O2/c27-23(12-6-9-18-7-2-1-3-8-18)26-15-13-19(14-16-26)28-22-17-24-20-10-4-5-11-21(20)25-22/h1-5,7-8,10-11,17,19H,6,9,12-16H2. The Hall–Kier alpha value is -2.95. The summed E-state index contributed by atoms with van der Waals surface area (Å²) >= 11 is 0. The lowest BCUT2D eigenvalue weighted by molar-refractivity contribution is -0.133. The maximum absolute atomic E-state index is 12.5. The van der Waals surface area contributed by atoms with E-state index in [4.69, 9.17) is 4.74 Å². The van der Waals surface area contributed by atoms with Crippen molar-refractivity contribution in [3.8, 4) is 5.88 Å². The number of hydrogen-bond acceptors (Lipinski definition) is 4. The van der Waals surface area contributed by atoms with Gasteiger partial charge in [0.1, 0.15) is 6.10 Å². The lowest BCUT2D eigenvalue weighted by Crippen LogP contribution is -2.41. The SMILES string of the molecule is O=C(CCCc1ccccc1)N1CCC(Oc2cnc3ccccc3n2)CC1. The van der Waals surface area contributed by atoms with E-state index in [-0.39, 0.29) is 12.0 Å². The van der Waals surface area contributed by atoms with Crippen molar-refractivity contribution in [1.29, 1.82) is 0 Å². The molecule has 144 valence electrons. The Labute approximate surface area is 165 Å². The Morgan fingerprint density at radius 2 is 1.71 bits per heavy atom. The number of para-hydroxylation sites is 2. The predicted octanol–water partition coefficient (Wildman–Crippen LogP) is 4.02. The summed E-state index contributed by atoms with van der Waals surface area (Å²) in [5.41, 5.74) is 3.00. The van der Waals surface area contributed by atoms with Crippen LogP contribution in [-0.4, -0.2) is 40.0 Å². The summed E-state index contributed by atoms with van der Waals surface area (Å²) in [6.07, 6.45) is 5.89. The van der Waals surface area contributed by atoms with Crippen LogP contribution in [0.4, 0.5) is 0 Å². The molecule has 5 nitrogen and oxygen atoms in total. The zero-order valence-corrected chi connectivity index (χ0v) is 16.0. The molecule has 0 radical (unpaired) electrons. The summed E-state index contributed by atoms with van der Waals surface area (Å²) in [5.74, 6) is 0.811. The summed E-state index contributed by atoms with van der Waals surface area (Å²) in [7, 11) is 0. The number of aryl methyl sites for hydroxylation is 1. The predicted molar refractivity (Wildman–Crippen MR) is 109 cm³/mol. The van der Waals surface area contributed by atoms with Gasteiger partial charge in [0.25, 0.3) is 0 Å². The van der Waals surface area contributed by atoms with E-state index in [1.165, 1.54) is 5.56 Å². The highest BCUT2D eigenvalue weighted by Crippen LogP contribution is 2.20. The van der Waals surface area contributed by atoms with Crippen LogP contribution < -0.4 is 4.74 Å². The Bertz CT molecular complexity index is 921. The van der Waals surface area contributed by atoms with Gasteiger partial charge in [0.05, 0.1) is 17.2 Å². The molecule has 0 N–H and O–H groups in total. The van der Waals surface area contributed by atoms with E-state index in [0.29, 0.717) is 12.3 Å². The Morgan fingerprint density at radius 1 is 1.00 bits per heavy atom. The number of nitrogens with zero attached hydrogens (tertiary/aromatic N) is 3. The molecule has 0 saturated carbocycles. The summed E-state index contributed by atoms with van der Waals surface area (Å²) in [5, 5.41) is 0. The first kappa shape index (κ1) is 18.4. The van der Waals surface area contributed by atoms with Gasteiger partial charge >= 0.3 is 0 Å². The first-order chi connectivity index (χ1) is 13.8. The molecule has 1 aliphatic rings. The largest absolute Gasteiger partial charge is 0.473 e.